The molecule has 0 N–H and O–H groups in total. The Morgan fingerprint density at radius 3 is 1.56 bits per heavy atom. The van der Waals surface area contributed by atoms with Gasteiger partial charge in [0.1, 0.15) is 0 Å². The Labute approximate surface area is 122 Å². The van der Waals surface area contributed by atoms with E-state index in [-0.39, 0.29) is 36.2 Å². The summed E-state index contributed by atoms with van der Waals surface area (Å²) in [5.74, 6) is -1.12. The molecule has 16 heavy (non-hydrogen) atoms. The van der Waals surface area contributed by atoms with E-state index < -0.39 is 14.3 Å². The molecule has 0 radical (unpaired) electrons. The van der Waals surface area contributed by atoms with Crippen LogP contribution in [0.15, 0.2) is 0 Å². The average Bonchev–Trinajstić information content (AvgIpc) is 2.02. The van der Waals surface area contributed by atoms with Gasteiger partial charge >= 0.3 is 29.6 Å². The number of carboxylic acid groups (broad SMARTS) is 1. The Hall–Kier alpha value is 0.647. The van der Waals surface area contributed by atoms with Crippen molar-refractivity contribution < 1.29 is 43.9 Å². The Morgan fingerprint density at radius 2 is 1.38 bits per heavy atom. The second kappa shape index (κ2) is 7.87. The van der Waals surface area contributed by atoms with E-state index in [0.717, 1.165) is 0 Å². The van der Waals surface area contributed by atoms with Gasteiger partial charge < -0.3 is 14.3 Å². The standard InChI is InChI=1S/C11H24O3Si.Na/c1-8(2)15(9(3)4,10(5)6)14-7-11(12)13;/h8-10H,7H2,1-6H3,(H,12,13);/q;+1/p-1. The molecule has 0 aliphatic heterocycles. The second-order valence-electron chi connectivity index (χ2n) is 4.98. The van der Waals surface area contributed by atoms with Crippen molar-refractivity contribution in [2.45, 2.75) is 58.2 Å². The normalized spacial score (nSPS) is 12.1. The average molecular weight is 254 g/mol. The molecule has 0 saturated carbocycles. The van der Waals surface area contributed by atoms with Gasteiger partial charge in [0.25, 0.3) is 0 Å². The van der Waals surface area contributed by atoms with E-state index in [9.17, 15) is 9.90 Å². The van der Waals surface area contributed by atoms with Gasteiger partial charge in [-0.2, -0.15) is 0 Å². The van der Waals surface area contributed by atoms with E-state index in [1.807, 2.05) is 0 Å². The molecule has 0 aromatic rings. The molecular weight excluding hydrogens is 231 g/mol. The first kappa shape index (κ1) is 19.0. The predicted octanol–water partition coefficient (Wildman–Crippen LogP) is -1.07. The zero-order valence-corrected chi connectivity index (χ0v) is 14.7. The van der Waals surface area contributed by atoms with Gasteiger partial charge in [0, 0.05) is 0 Å². The molecule has 0 bridgehead atoms. The number of carboxylic acids is 1. The Bertz CT molecular complexity index is 196. The van der Waals surface area contributed by atoms with E-state index >= 15 is 0 Å². The van der Waals surface area contributed by atoms with Crippen LogP contribution in [-0.2, 0) is 9.22 Å². The molecule has 0 amide bonds. The van der Waals surface area contributed by atoms with Gasteiger partial charge in [-0.1, -0.05) is 41.5 Å². The number of carbonyl (C=O) groups is 1. The first-order valence-electron chi connectivity index (χ1n) is 5.58. The van der Waals surface area contributed by atoms with Crippen molar-refractivity contribution in [1.82, 2.24) is 0 Å². The summed E-state index contributed by atoms with van der Waals surface area (Å²) in [5, 5.41) is 10.5. The van der Waals surface area contributed by atoms with Crippen LogP contribution >= 0.6 is 0 Å². The zero-order valence-electron chi connectivity index (χ0n) is 11.7. The fourth-order valence-electron chi connectivity index (χ4n) is 2.68. The summed E-state index contributed by atoms with van der Waals surface area (Å²) in [7, 11) is -2.01. The molecule has 5 heteroatoms. The van der Waals surface area contributed by atoms with Gasteiger partial charge in [-0.15, -0.1) is 0 Å². The van der Waals surface area contributed by atoms with Crippen LogP contribution in [0.4, 0.5) is 0 Å². The van der Waals surface area contributed by atoms with E-state index in [1.165, 1.54) is 0 Å². The smallest absolute Gasteiger partial charge is 0.548 e. The molecule has 0 aromatic heterocycles. The van der Waals surface area contributed by atoms with Gasteiger partial charge in [-0.25, -0.2) is 0 Å². The maximum absolute atomic E-state index is 10.5. The third-order valence-corrected chi connectivity index (χ3v) is 9.21. The predicted molar refractivity (Wildman–Crippen MR) is 62.0 cm³/mol. The summed E-state index contributed by atoms with van der Waals surface area (Å²) in [6.45, 7) is 12.5. The topological polar surface area (TPSA) is 49.4 Å². The molecular formula is C11H23NaO3Si. The summed E-state index contributed by atoms with van der Waals surface area (Å²) in [4.78, 5) is 10.5. The van der Waals surface area contributed by atoms with E-state index in [2.05, 4.69) is 41.5 Å². The van der Waals surface area contributed by atoms with Crippen molar-refractivity contribution in [1.29, 1.82) is 0 Å². The molecule has 3 nitrogen and oxygen atoms in total. The van der Waals surface area contributed by atoms with Crippen LogP contribution < -0.4 is 34.7 Å². The minimum Gasteiger partial charge on any atom is -0.548 e. The van der Waals surface area contributed by atoms with Crippen LogP contribution in [0.5, 0.6) is 0 Å². The van der Waals surface area contributed by atoms with Gasteiger partial charge in [-0.05, 0) is 16.6 Å². The third kappa shape index (κ3) is 4.49. The third-order valence-electron chi connectivity index (χ3n) is 3.15. The molecule has 0 unspecified atom stereocenters. The molecule has 0 aliphatic rings. The van der Waals surface area contributed by atoms with Crippen LogP contribution in [-0.4, -0.2) is 20.9 Å². The fourth-order valence-corrected chi connectivity index (χ4v) is 8.05. The second-order valence-corrected chi connectivity index (χ2v) is 10.4. The molecule has 0 rings (SSSR count). The summed E-state index contributed by atoms with van der Waals surface area (Å²) in [6.07, 6.45) is 0. The monoisotopic (exact) mass is 254 g/mol. The van der Waals surface area contributed by atoms with Crippen molar-refractivity contribution in [3.05, 3.63) is 0 Å². The van der Waals surface area contributed by atoms with Gasteiger partial charge in [0.15, 0.2) is 0 Å². The summed E-state index contributed by atoms with van der Waals surface area (Å²) >= 11 is 0. The van der Waals surface area contributed by atoms with Crippen LogP contribution in [0.1, 0.15) is 41.5 Å². The van der Waals surface area contributed by atoms with Crippen LogP contribution in [0.2, 0.25) is 16.6 Å². The molecule has 0 fully saturated rings. The Morgan fingerprint density at radius 1 is 1.06 bits per heavy atom. The van der Waals surface area contributed by atoms with Crippen molar-refractivity contribution in [3.8, 4) is 0 Å². The number of hydrogen-bond acceptors (Lipinski definition) is 3. The number of rotatable bonds is 6. The molecule has 0 aliphatic carbocycles. The van der Waals surface area contributed by atoms with Crippen molar-refractivity contribution in [3.63, 3.8) is 0 Å². The quantitative estimate of drug-likeness (QED) is 0.567. The summed E-state index contributed by atoms with van der Waals surface area (Å²) < 4.78 is 5.75. The first-order valence-corrected chi connectivity index (χ1v) is 7.73. The minimum absolute atomic E-state index is 0. The van der Waals surface area contributed by atoms with Gasteiger partial charge in [0.2, 0.25) is 8.32 Å². The summed E-state index contributed by atoms with van der Waals surface area (Å²) in [6, 6.07) is 0. The number of carbonyl (C=O) groups excluding carboxylic acids is 1. The van der Waals surface area contributed by atoms with E-state index in [1.54, 1.807) is 0 Å². The van der Waals surface area contributed by atoms with Crippen LogP contribution in [0.3, 0.4) is 0 Å². The van der Waals surface area contributed by atoms with E-state index in [0.29, 0.717) is 16.6 Å². The van der Waals surface area contributed by atoms with E-state index in [4.69, 9.17) is 4.43 Å². The molecule has 0 aromatic carbocycles. The maximum Gasteiger partial charge on any atom is 1.00 e. The largest absolute Gasteiger partial charge is 1.00 e. The van der Waals surface area contributed by atoms with Gasteiger partial charge in [0.05, 0.1) is 12.6 Å². The molecule has 0 spiro atoms. The SMILES string of the molecule is CC(C)[Si](OCC(=O)[O-])(C(C)C)C(C)C.[Na+]. The summed E-state index contributed by atoms with van der Waals surface area (Å²) in [5.41, 5.74) is 1.24. The van der Waals surface area contributed by atoms with Crippen molar-refractivity contribution >= 4 is 14.3 Å². The number of hydrogen-bond donors (Lipinski definition) is 0. The molecule has 0 saturated heterocycles. The molecule has 90 valence electrons. The first-order chi connectivity index (χ1) is 6.75. The van der Waals surface area contributed by atoms with Crippen LogP contribution in [0, 0.1) is 0 Å². The number of aliphatic carboxylic acids is 1. The minimum atomic E-state index is -2.01. The molecule has 0 heterocycles. The van der Waals surface area contributed by atoms with Crippen LogP contribution in [0.25, 0.3) is 0 Å². The Balaban J connectivity index is 0. The van der Waals surface area contributed by atoms with Gasteiger partial charge in [-0.3, -0.25) is 0 Å². The molecule has 0 atom stereocenters. The maximum atomic E-state index is 10.5. The van der Waals surface area contributed by atoms with Crippen molar-refractivity contribution in [2.75, 3.05) is 6.61 Å². The van der Waals surface area contributed by atoms with Crippen molar-refractivity contribution in [2.24, 2.45) is 0 Å². The zero-order chi connectivity index (χ0) is 12.2. The fraction of sp³-hybridized carbons (Fsp3) is 0.909. The Kier molecular flexibility index (Phi) is 9.35.